The fraction of sp³-hybridized carbons (Fsp3) is 0.389. The number of halogens is 1. The third kappa shape index (κ3) is 5.43. The summed E-state index contributed by atoms with van der Waals surface area (Å²) < 4.78 is 0. The molecule has 2 aromatic rings. The van der Waals surface area contributed by atoms with Gasteiger partial charge in [0.1, 0.15) is 12.4 Å². The number of nitrogens with one attached hydrogen (secondary N) is 1. The molecule has 24 heavy (non-hydrogen) atoms. The van der Waals surface area contributed by atoms with Crippen LogP contribution in [-0.4, -0.2) is 22.0 Å². The average Bonchev–Trinajstić information content (AvgIpc) is 2.62. The standard InChI is InChI=1S/C18H23N5.HI/c19-18(23-16-9-5-2-6-10-16)22-13-17-20-11-15(12-21-17)14-7-3-1-4-8-14;/h1,3-4,7-8,11-12,16H,2,5-6,9-10,13H2,(H3,19,22,23);1H. The van der Waals surface area contributed by atoms with Crippen molar-refractivity contribution < 1.29 is 0 Å². The van der Waals surface area contributed by atoms with E-state index in [-0.39, 0.29) is 24.0 Å². The number of guanidine groups is 1. The van der Waals surface area contributed by atoms with Crippen molar-refractivity contribution in [1.29, 1.82) is 0 Å². The molecule has 0 unspecified atom stereocenters. The van der Waals surface area contributed by atoms with E-state index in [2.05, 4.69) is 20.3 Å². The number of hydrogen-bond acceptors (Lipinski definition) is 3. The first-order chi connectivity index (χ1) is 11.3. The SMILES string of the molecule is I.NC(=NCc1ncc(-c2ccccc2)cn1)NC1CCCCC1. The lowest BCUT2D eigenvalue weighted by Crippen LogP contribution is -2.41. The number of nitrogens with zero attached hydrogens (tertiary/aromatic N) is 3. The Morgan fingerprint density at radius 2 is 1.71 bits per heavy atom. The van der Waals surface area contributed by atoms with Gasteiger partial charge in [-0.15, -0.1) is 24.0 Å². The number of benzene rings is 1. The molecule has 6 heteroatoms. The smallest absolute Gasteiger partial charge is 0.189 e. The molecule has 1 saturated carbocycles. The molecule has 0 radical (unpaired) electrons. The second-order valence-electron chi connectivity index (χ2n) is 5.93. The van der Waals surface area contributed by atoms with Crippen LogP contribution in [0, 0.1) is 0 Å². The third-order valence-corrected chi connectivity index (χ3v) is 4.16. The van der Waals surface area contributed by atoms with Gasteiger partial charge in [0.25, 0.3) is 0 Å². The van der Waals surface area contributed by atoms with E-state index < -0.39 is 0 Å². The molecular formula is C18H24IN5. The van der Waals surface area contributed by atoms with Gasteiger partial charge in [-0.3, -0.25) is 0 Å². The van der Waals surface area contributed by atoms with Crippen molar-refractivity contribution >= 4 is 29.9 Å². The predicted molar refractivity (Wildman–Crippen MR) is 108 cm³/mol. The lowest BCUT2D eigenvalue weighted by Gasteiger charge is -2.23. The fourth-order valence-corrected chi connectivity index (χ4v) is 2.87. The van der Waals surface area contributed by atoms with E-state index in [0.717, 1.165) is 11.1 Å². The first-order valence-corrected chi connectivity index (χ1v) is 8.24. The van der Waals surface area contributed by atoms with Gasteiger partial charge < -0.3 is 11.1 Å². The highest BCUT2D eigenvalue weighted by molar-refractivity contribution is 14.0. The van der Waals surface area contributed by atoms with E-state index in [4.69, 9.17) is 5.73 Å². The Kier molecular flexibility index (Phi) is 7.42. The summed E-state index contributed by atoms with van der Waals surface area (Å²) in [5.74, 6) is 1.17. The van der Waals surface area contributed by atoms with E-state index in [0.29, 0.717) is 24.4 Å². The number of aliphatic imine (C=N–C) groups is 1. The molecule has 0 bridgehead atoms. The minimum absolute atomic E-state index is 0. The highest BCUT2D eigenvalue weighted by Crippen LogP contribution is 2.17. The molecule has 5 nitrogen and oxygen atoms in total. The Hall–Kier alpha value is -1.70. The van der Waals surface area contributed by atoms with Gasteiger partial charge in [0.05, 0.1) is 0 Å². The van der Waals surface area contributed by atoms with Crippen LogP contribution in [0.5, 0.6) is 0 Å². The number of nitrogens with two attached hydrogens (primary N) is 1. The molecule has 0 amide bonds. The Labute approximate surface area is 160 Å². The summed E-state index contributed by atoms with van der Waals surface area (Å²) >= 11 is 0. The molecule has 0 spiro atoms. The molecule has 0 saturated heterocycles. The second kappa shape index (κ2) is 9.56. The van der Waals surface area contributed by atoms with Crippen LogP contribution in [0.15, 0.2) is 47.7 Å². The van der Waals surface area contributed by atoms with Gasteiger partial charge in [0.15, 0.2) is 5.96 Å². The van der Waals surface area contributed by atoms with Gasteiger partial charge >= 0.3 is 0 Å². The van der Waals surface area contributed by atoms with E-state index in [1.54, 1.807) is 0 Å². The van der Waals surface area contributed by atoms with Crippen molar-refractivity contribution in [3.63, 3.8) is 0 Å². The fourth-order valence-electron chi connectivity index (χ4n) is 2.87. The molecule has 1 aromatic heterocycles. The third-order valence-electron chi connectivity index (χ3n) is 4.16. The zero-order chi connectivity index (χ0) is 15.9. The molecule has 1 heterocycles. The van der Waals surface area contributed by atoms with Crippen LogP contribution in [0.25, 0.3) is 11.1 Å². The molecule has 1 aliphatic rings. The Bertz CT molecular complexity index is 636. The van der Waals surface area contributed by atoms with Gasteiger partial charge in [-0.1, -0.05) is 49.6 Å². The number of hydrogen-bond donors (Lipinski definition) is 2. The van der Waals surface area contributed by atoms with Gasteiger partial charge in [0.2, 0.25) is 0 Å². The Morgan fingerprint density at radius 3 is 2.38 bits per heavy atom. The Balaban J connectivity index is 0.00000208. The lowest BCUT2D eigenvalue weighted by molar-refractivity contribution is 0.412. The lowest BCUT2D eigenvalue weighted by atomic mass is 9.96. The van der Waals surface area contributed by atoms with E-state index in [9.17, 15) is 0 Å². The number of aromatic nitrogens is 2. The van der Waals surface area contributed by atoms with Crippen LogP contribution in [0.1, 0.15) is 37.9 Å². The van der Waals surface area contributed by atoms with Crippen molar-refractivity contribution in [2.45, 2.75) is 44.7 Å². The largest absolute Gasteiger partial charge is 0.370 e. The zero-order valence-corrected chi connectivity index (χ0v) is 16.0. The van der Waals surface area contributed by atoms with Crippen LogP contribution in [-0.2, 0) is 6.54 Å². The molecular weight excluding hydrogens is 413 g/mol. The average molecular weight is 437 g/mol. The molecule has 0 atom stereocenters. The van der Waals surface area contributed by atoms with Crippen molar-refractivity contribution in [1.82, 2.24) is 15.3 Å². The van der Waals surface area contributed by atoms with Crippen molar-refractivity contribution in [3.8, 4) is 11.1 Å². The van der Waals surface area contributed by atoms with Crippen LogP contribution >= 0.6 is 24.0 Å². The summed E-state index contributed by atoms with van der Waals surface area (Å²) in [6.45, 7) is 0.403. The normalized spacial score (nSPS) is 15.6. The van der Waals surface area contributed by atoms with E-state index in [1.807, 2.05) is 42.7 Å². The van der Waals surface area contributed by atoms with Gasteiger partial charge in [0, 0.05) is 24.0 Å². The summed E-state index contributed by atoms with van der Waals surface area (Å²) in [4.78, 5) is 13.1. The summed E-state index contributed by atoms with van der Waals surface area (Å²) in [6, 6.07) is 10.6. The predicted octanol–water partition coefficient (Wildman–Crippen LogP) is 3.50. The molecule has 1 fully saturated rings. The van der Waals surface area contributed by atoms with Crippen molar-refractivity contribution in [3.05, 3.63) is 48.5 Å². The quantitative estimate of drug-likeness (QED) is 0.436. The summed E-state index contributed by atoms with van der Waals surface area (Å²) in [6.07, 6.45) is 9.90. The molecule has 0 aliphatic heterocycles. The van der Waals surface area contributed by atoms with Crippen LogP contribution in [0.3, 0.4) is 0 Å². The van der Waals surface area contributed by atoms with Crippen molar-refractivity contribution in [2.24, 2.45) is 10.7 Å². The minimum Gasteiger partial charge on any atom is -0.370 e. The summed E-state index contributed by atoms with van der Waals surface area (Å²) in [7, 11) is 0. The van der Waals surface area contributed by atoms with Crippen molar-refractivity contribution in [2.75, 3.05) is 0 Å². The number of rotatable bonds is 4. The maximum Gasteiger partial charge on any atom is 0.189 e. The van der Waals surface area contributed by atoms with E-state index >= 15 is 0 Å². The first kappa shape index (κ1) is 18.6. The van der Waals surface area contributed by atoms with E-state index in [1.165, 1.54) is 32.1 Å². The maximum atomic E-state index is 5.96. The molecule has 3 rings (SSSR count). The second-order valence-corrected chi connectivity index (χ2v) is 5.93. The molecule has 1 aromatic carbocycles. The van der Waals surface area contributed by atoms with Gasteiger partial charge in [-0.05, 0) is 18.4 Å². The van der Waals surface area contributed by atoms with Crippen LogP contribution in [0.2, 0.25) is 0 Å². The maximum absolute atomic E-state index is 5.96. The highest BCUT2D eigenvalue weighted by atomic mass is 127. The molecule has 128 valence electrons. The summed E-state index contributed by atoms with van der Waals surface area (Å²) in [5, 5.41) is 3.30. The first-order valence-electron chi connectivity index (χ1n) is 8.24. The zero-order valence-electron chi connectivity index (χ0n) is 13.7. The van der Waals surface area contributed by atoms with Gasteiger partial charge in [-0.25, -0.2) is 15.0 Å². The van der Waals surface area contributed by atoms with Gasteiger partial charge in [-0.2, -0.15) is 0 Å². The minimum atomic E-state index is 0. The topological polar surface area (TPSA) is 76.2 Å². The highest BCUT2D eigenvalue weighted by Gasteiger charge is 2.13. The van der Waals surface area contributed by atoms with Crippen LogP contribution < -0.4 is 11.1 Å². The monoisotopic (exact) mass is 437 g/mol. The summed E-state index contributed by atoms with van der Waals surface area (Å²) in [5.41, 5.74) is 8.07. The molecule has 3 N–H and O–H groups in total. The Morgan fingerprint density at radius 1 is 1.04 bits per heavy atom. The molecule has 1 aliphatic carbocycles. The van der Waals surface area contributed by atoms with Crippen LogP contribution in [0.4, 0.5) is 0 Å².